The Morgan fingerprint density at radius 2 is 1.79 bits per heavy atom. The second-order valence-electron chi connectivity index (χ2n) is 7.57. The van der Waals surface area contributed by atoms with E-state index in [0.717, 1.165) is 33.5 Å². The number of nitriles is 1. The summed E-state index contributed by atoms with van der Waals surface area (Å²) in [6.07, 6.45) is 5.07. The van der Waals surface area contributed by atoms with Crippen LogP contribution in [0.25, 0.3) is 22.2 Å². The molecular formula is C26H17Cl2N5O. The molecule has 5 aromatic rings. The summed E-state index contributed by atoms with van der Waals surface area (Å²) in [5, 5.41) is 10.2. The van der Waals surface area contributed by atoms with Gasteiger partial charge in [-0.25, -0.2) is 9.97 Å². The van der Waals surface area contributed by atoms with Crippen LogP contribution in [-0.2, 0) is 13.2 Å². The average molecular weight is 486 g/mol. The van der Waals surface area contributed by atoms with Crippen LogP contribution in [0.2, 0.25) is 10.0 Å². The van der Waals surface area contributed by atoms with E-state index in [1.807, 2.05) is 36.4 Å². The fourth-order valence-electron chi connectivity index (χ4n) is 3.70. The molecule has 0 unspecified atom stereocenters. The summed E-state index contributed by atoms with van der Waals surface area (Å²) in [6, 6.07) is 20.8. The maximum absolute atomic E-state index is 8.95. The molecule has 2 aromatic carbocycles. The van der Waals surface area contributed by atoms with Gasteiger partial charge in [-0.15, -0.1) is 0 Å². The van der Waals surface area contributed by atoms with Crippen LogP contribution < -0.4 is 4.74 Å². The van der Waals surface area contributed by atoms with E-state index < -0.39 is 0 Å². The first-order chi connectivity index (χ1) is 16.6. The molecule has 0 bridgehead atoms. The van der Waals surface area contributed by atoms with Gasteiger partial charge in [-0.1, -0.05) is 29.3 Å². The number of hydrogen-bond acceptors (Lipinski definition) is 5. The van der Waals surface area contributed by atoms with Crippen LogP contribution in [0.3, 0.4) is 0 Å². The first kappa shape index (κ1) is 21.9. The number of nitrogens with zero attached hydrogens (tertiary/aromatic N) is 5. The fourth-order valence-corrected chi connectivity index (χ4v) is 4.07. The van der Waals surface area contributed by atoms with Gasteiger partial charge in [0.05, 0.1) is 23.8 Å². The highest BCUT2D eigenvalue weighted by Crippen LogP contribution is 2.28. The van der Waals surface area contributed by atoms with Gasteiger partial charge in [0.2, 0.25) is 0 Å². The largest absolute Gasteiger partial charge is 0.484 e. The first-order valence-electron chi connectivity index (χ1n) is 10.4. The third-order valence-corrected chi connectivity index (χ3v) is 6.00. The monoisotopic (exact) mass is 485 g/mol. The van der Waals surface area contributed by atoms with E-state index in [1.165, 1.54) is 6.20 Å². The van der Waals surface area contributed by atoms with Gasteiger partial charge in [-0.2, -0.15) is 5.26 Å². The quantitative estimate of drug-likeness (QED) is 0.282. The third kappa shape index (κ3) is 4.58. The molecule has 3 heterocycles. The van der Waals surface area contributed by atoms with Crippen molar-refractivity contribution in [2.24, 2.45) is 0 Å². The lowest BCUT2D eigenvalue weighted by molar-refractivity contribution is 0.290. The molecule has 0 saturated heterocycles. The van der Waals surface area contributed by atoms with Gasteiger partial charge >= 0.3 is 0 Å². The zero-order valence-corrected chi connectivity index (χ0v) is 19.3. The lowest BCUT2D eigenvalue weighted by atomic mass is 10.1. The van der Waals surface area contributed by atoms with E-state index in [1.54, 1.807) is 36.7 Å². The summed E-state index contributed by atoms with van der Waals surface area (Å²) in [7, 11) is 0. The summed E-state index contributed by atoms with van der Waals surface area (Å²) in [5.41, 5.74) is 5.11. The number of halogens is 2. The van der Waals surface area contributed by atoms with Gasteiger partial charge in [0.1, 0.15) is 29.9 Å². The topological polar surface area (TPSA) is 76.6 Å². The first-order valence-corrected chi connectivity index (χ1v) is 11.2. The Labute approximate surface area is 206 Å². The van der Waals surface area contributed by atoms with Crippen LogP contribution in [0.4, 0.5) is 0 Å². The van der Waals surface area contributed by atoms with E-state index in [9.17, 15) is 0 Å². The molecule has 5 rings (SSSR count). The minimum absolute atomic E-state index is 0.213. The van der Waals surface area contributed by atoms with Crippen molar-refractivity contribution in [3.8, 4) is 22.9 Å². The summed E-state index contributed by atoms with van der Waals surface area (Å²) >= 11 is 12.7. The van der Waals surface area contributed by atoms with Crippen molar-refractivity contribution < 1.29 is 4.74 Å². The molecule has 166 valence electrons. The zero-order valence-electron chi connectivity index (χ0n) is 17.8. The number of aromatic nitrogens is 4. The maximum Gasteiger partial charge on any atom is 0.148 e. The lowest BCUT2D eigenvalue weighted by Crippen LogP contribution is -2.09. The molecule has 3 aromatic heterocycles. The van der Waals surface area contributed by atoms with Gasteiger partial charge in [0.25, 0.3) is 0 Å². The molecule has 0 aliphatic rings. The van der Waals surface area contributed by atoms with Crippen molar-refractivity contribution in [1.82, 2.24) is 19.5 Å². The van der Waals surface area contributed by atoms with Crippen LogP contribution in [0.5, 0.6) is 5.75 Å². The molecule has 34 heavy (non-hydrogen) atoms. The van der Waals surface area contributed by atoms with Crippen molar-refractivity contribution in [3.63, 3.8) is 0 Å². The van der Waals surface area contributed by atoms with E-state index in [-0.39, 0.29) is 6.61 Å². The number of imidazole rings is 1. The predicted molar refractivity (Wildman–Crippen MR) is 132 cm³/mol. The number of pyridine rings is 2. The molecule has 0 radical (unpaired) electrons. The molecule has 0 amide bonds. The highest BCUT2D eigenvalue weighted by Gasteiger charge is 2.15. The predicted octanol–water partition coefficient (Wildman–Crippen LogP) is 6.30. The highest BCUT2D eigenvalue weighted by atomic mass is 35.5. The molecule has 0 fully saturated rings. The molecule has 0 aliphatic heterocycles. The molecular weight excluding hydrogens is 469 g/mol. The lowest BCUT2D eigenvalue weighted by Gasteiger charge is -2.12. The Balaban J connectivity index is 1.56. The summed E-state index contributed by atoms with van der Waals surface area (Å²) in [5.74, 6) is 1.28. The Hall–Kier alpha value is -3.92. The van der Waals surface area contributed by atoms with Gasteiger partial charge in [-0.05, 0) is 71.3 Å². The Morgan fingerprint density at radius 1 is 0.941 bits per heavy atom. The third-order valence-electron chi connectivity index (χ3n) is 5.40. The smallest absolute Gasteiger partial charge is 0.148 e. The second kappa shape index (κ2) is 9.52. The van der Waals surface area contributed by atoms with Gasteiger partial charge in [-0.3, -0.25) is 4.98 Å². The van der Waals surface area contributed by atoms with Gasteiger partial charge in [0, 0.05) is 22.4 Å². The van der Waals surface area contributed by atoms with Crippen LogP contribution in [0.15, 0.2) is 79.3 Å². The molecule has 0 aliphatic carbocycles. The summed E-state index contributed by atoms with van der Waals surface area (Å²) < 4.78 is 8.02. The summed E-state index contributed by atoms with van der Waals surface area (Å²) in [6.45, 7) is 0.686. The van der Waals surface area contributed by atoms with E-state index in [4.69, 9.17) is 38.2 Å². The van der Waals surface area contributed by atoms with Gasteiger partial charge < -0.3 is 9.30 Å². The Morgan fingerprint density at radius 3 is 2.56 bits per heavy atom. The van der Waals surface area contributed by atoms with Crippen molar-refractivity contribution in [2.75, 3.05) is 0 Å². The number of rotatable bonds is 6. The van der Waals surface area contributed by atoms with E-state index in [0.29, 0.717) is 28.0 Å². The van der Waals surface area contributed by atoms with E-state index >= 15 is 0 Å². The van der Waals surface area contributed by atoms with Crippen LogP contribution in [0.1, 0.15) is 17.1 Å². The molecule has 6 nitrogen and oxygen atoms in total. The fraction of sp³-hybridized carbons (Fsp3) is 0.0769. The van der Waals surface area contributed by atoms with Crippen molar-refractivity contribution in [2.45, 2.75) is 13.2 Å². The maximum atomic E-state index is 8.95. The van der Waals surface area contributed by atoms with Crippen LogP contribution in [0, 0.1) is 11.3 Å². The molecule has 0 N–H and O–H groups in total. The van der Waals surface area contributed by atoms with Gasteiger partial charge in [0.15, 0.2) is 0 Å². The van der Waals surface area contributed by atoms with Crippen molar-refractivity contribution >= 4 is 34.2 Å². The highest BCUT2D eigenvalue weighted by molar-refractivity contribution is 6.33. The Bertz CT molecular complexity index is 1510. The number of hydrogen-bond donors (Lipinski definition) is 0. The van der Waals surface area contributed by atoms with E-state index in [2.05, 4.69) is 20.6 Å². The SMILES string of the molecule is N#Cc1ccc(OCc2nc3ccc(-c4ccncc4)cc3n2Cc2cc(Cl)ccc2Cl)cn1. The number of benzene rings is 2. The van der Waals surface area contributed by atoms with Crippen LogP contribution >= 0.6 is 23.2 Å². The normalized spacial score (nSPS) is 10.9. The Kier molecular flexibility index (Phi) is 6.13. The summed E-state index contributed by atoms with van der Waals surface area (Å²) in [4.78, 5) is 13.0. The standard InChI is InChI=1S/C26H17Cl2N5O/c27-20-2-5-23(28)19(11-20)15-33-25-12-18(17-7-9-30-10-8-17)1-6-24(25)32-26(33)16-34-22-4-3-21(13-29)31-14-22/h1-12,14H,15-16H2. The van der Waals surface area contributed by atoms with Crippen molar-refractivity contribution in [1.29, 1.82) is 5.26 Å². The molecule has 0 spiro atoms. The average Bonchev–Trinajstić information content (AvgIpc) is 3.22. The molecule has 8 heteroatoms. The zero-order chi connectivity index (χ0) is 23.5. The number of ether oxygens (including phenoxy) is 1. The minimum Gasteiger partial charge on any atom is -0.484 e. The van der Waals surface area contributed by atoms with Crippen molar-refractivity contribution in [3.05, 3.63) is 106 Å². The molecule has 0 atom stereocenters. The molecule has 0 saturated carbocycles. The second-order valence-corrected chi connectivity index (χ2v) is 8.41. The number of fused-ring (bicyclic) bond motifs is 1. The minimum atomic E-state index is 0.213. The van der Waals surface area contributed by atoms with Crippen LogP contribution in [-0.4, -0.2) is 19.5 Å².